The topological polar surface area (TPSA) is 87.8 Å². The summed E-state index contributed by atoms with van der Waals surface area (Å²) in [4.78, 5) is 33.8. The van der Waals surface area contributed by atoms with Crippen LogP contribution in [0.15, 0.2) is 22.6 Å². The zero-order valence-corrected chi connectivity index (χ0v) is 20.7. The average Bonchev–Trinajstić information content (AvgIpc) is 3.24. The number of thiophene rings is 2. The Kier molecular flexibility index (Phi) is 6.56. The van der Waals surface area contributed by atoms with Crippen LogP contribution in [0.4, 0.5) is 5.00 Å². The summed E-state index contributed by atoms with van der Waals surface area (Å²) in [6.07, 6.45) is 4.67. The molecule has 0 bridgehead atoms. The van der Waals surface area contributed by atoms with Gasteiger partial charge >= 0.3 is 0 Å². The molecule has 166 valence electrons. The van der Waals surface area contributed by atoms with Gasteiger partial charge in [-0.25, -0.2) is 4.98 Å². The maximum Gasteiger partial charge on any atom is 0.263 e. The monoisotopic (exact) mass is 484 g/mol. The molecule has 0 spiro atoms. The van der Waals surface area contributed by atoms with Gasteiger partial charge in [-0.1, -0.05) is 24.8 Å². The highest BCUT2D eigenvalue weighted by molar-refractivity contribution is 7.99. The summed E-state index contributed by atoms with van der Waals surface area (Å²) in [5, 5.41) is 14.1. The standard InChI is InChI=1S/C23H24N4O2S3/c1-5-8-27-22(29)19-15-7-6-12(2)9-17(15)32-21(19)26-23(27)30-11-18(28)25-20-16(10-24)13(3)14(4)31-20/h5,12H,1,6-9,11H2,2-4H3,(H,25,28). The van der Waals surface area contributed by atoms with Crippen LogP contribution in [0.25, 0.3) is 10.2 Å². The highest BCUT2D eigenvalue weighted by Gasteiger charge is 2.25. The Balaban J connectivity index is 1.61. The summed E-state index contributed by atoms with van der Waals surface area (Å²) in [6, 6.07) is 2.17. The molecule has 1 amide bonds. The average molecular weight is 485 g/mol. The van der Waals surface area contributed by atoms with Crippen molar-refractivity contribution in [1.29, 1.82) is 5.26 Å². The third kappa shape index (κ3) is 4.15. The molecule has 4 rings (SSSR count). The Hall–Kier alpha value is -2.41. The van der Waals surface area contributed by atoms with Crippen LogP contribution in [0, 0.1) is 31.1 Å². The third-order valence-electron chi connectivity index (χ3n) is 5.77. The maximum atomic E-state index is 13.3. The molecule has 3 heterocycles. The van der Waals surface area contributed by atoms with Crippen LogP contribution in [-0.2, 0) is 24.2 Å². The van der Waals surface area contributed by atoms with Gasteiger partial charge in [-0.3, -0.25) is 14.2 Å². The van der Waals surface area contributed by atoms with E-state index in [9.17, 15) is 14.9 Å². The minimum absolute atomic E-state index is 0.0545. The van der Waals surface area contributed by atoms with Gasteiger partial charge in [0.2, 0.25) is 5.91 Å². The number of aryl methyl sites for hydroxylation is 2. The number of nitrogens with zero attached hydrogens (tertiary/aromatic N) is 3. The number of thioether (sulfide) groups is 1. The normalized spacial score (nSPS) is 15.4. The van der Waals surface area contributed by atoms with E-state index in [0.717, 1.165) is 45.5 Å². The lowest BCUT2D eigenvalue weighted by molar-refractivity contribution is -0.113. The number of carbonyl (C=O) groups excluding carboxylic acids is 1. The Bertz CT molecular complexity index is 1330. The second-order valence-corrected chi connectivity index (χ2v) is 11.3. The summed E-state index contributed by atoms with van der Waals surface area (Å²) in [5.41, 5.74) is 2.50. The maximum absolute atomic E-state index is 13.3. The van der Waals surface area contributed by atoms with Gasteiger partial charge in [0.15, 0.2) is 5.16 Å². The lowest BCUT2D eigenvalue weighted by atomic mass is 9.89. The van der Waals surface area contributed by atoms with Crippen LogP contribution in [0.2, 0.25) is 0 Å². The van der Waals surface area contributed by atoms with Crippen molar-refractivity contribution < 1.29 is 4.79 Å². The summed E-state index contributed by atoms with van der Waals surface area (Å²) in [5.74, 6) is 0.482. The van der Waals surface area contributed by atoms with Crippen LogP contribution in [0.5, 0.6) is 0 Å². The zero-order valence-electron chi connectivity index (χ0n) is 18.3. The first kappa shape index (κ1) is 22.8. The molecule has 0 fully saturated rings. The van der Waals surface area contributed by atoms with Crippen molar-refractivity contribution in [1.82, 2.24) is 9.55 Å². The summed E-state index contributed by atoms with van der Waals surface area (Å²) in [7, 11) is 0. The minimum atomic E-state index is -0.230. The summed E-state index contributed by atoms with van der Waals surface area (Å²) >= 11 is 4.24. The number of fused-ring (bicyclic) bond motifs is 3. The number of nitrogens with one attached hydrogen (secondary N) is 1. The molecule has 32 heavy (non-hydrogen) atoms. The predicted octanol–water partition coefficient (Wildman–Crippen LogP) is 5.05. The van der Waals surface area contributed by atoms with E-state index in [1.165, 1.54) is 28.0 Å². The fourth-order valence-corrected chi connectivity index (χ4v) is 7.21. The Morgan fingerprint density at radius 1 is 1.44 bits per heavy atom. The molecule has 1 N–H and O–H groups in total. The Morgan fingerprint density at radius 3 is 2.94 bits per heavy atom. The lowest BCUT2D eigenvalue weighted by Gasteiger charge is -2.17. The number of nitriles is 1. The van der Waals surface area contributed by atoms with Crippen LogP contribution in [0.1, 0.15) is 39.8 Å². The zero-order chi connectivity index (χ0) is 23.0. The second-order valence-electron chi connectivity index (χ2n) is 8.07. The molecule has 9 heteroatoms. The molecule has 0 aromatic carbocycles. The van der Waals surface area contributed by atoms with Crippen molar-refractivity contribution in [2.45, 2.75) is 51.7 Å². The number of carbonyl (C=O) groups is 1. The molecule has 1 unspecified atom stereocenters. The molecule has 1 aliphatic rings. The molecule has 0 radical (unpaired) electrons. The molecular weight excluding hydrogens is 460 g/mol. The van der Waals surface area contributed by atoms with Crippen molar-refractivity contribution in [2.75, 3.05) is 11.1 Å². The Labute approximate surface area is 199 Å². The van der Waals surface area contributed by atoms with Crippen LogP contribution >= 0.6 is 34.4 Å². The fourth-order valence-electron chi connectivity index (χ4n) is 3.95. The molecule has 6 nitrogen and oxygen atoms in total. The van der Waals surface area contributed by atoms with Gasteiger partial charge in [0.1, 0.15) is 15.9 Å². The number of anilines is 1. The molecule has 1 atom stereocenters. The van der Waals surface area contributed by atoms with E-state index in [0.29, 0.717) is 28.2 Å². The van der Waals surface area contributed by atoms with Crippen molar-refractivity contribution in [3.8, 4) is 6.07 Å². The van der Waals surface area contributed by atoms with E-state index in [1.807, 2.05) is 13.8 Å². The van der Waals surface area contributed by atoms with E-state index in [4.69, 9.17) is 4.98 Å². The van der Waals surface area contributed by atoms with Gasteiger partial charge in [-0.2, -0.15) is 5.26 Å². The highest BCUT2D eigenvalue weighted by atomic mass is 32.2. The van der Waals surface area contributed by atoms with Crippen molar-refractivity contribution >= 4 is 55.6 Å². The van der Waals surface area contributed by atoms with Crippen LogP contribution in [-0.4, -0.2) is 21.2 Å². The van der Waals surface area contributed by atoms with Crippen LogP contribution in [0.3, 0.4) is 0 Å². The van der Waals surface area contributed by atoms with E-state index in [-0.39, 0.29) is 17.2 Å². The van der Waals surface area contributed by atoms with Crippen molar-refractivity contribution in [3.63, 3.8) is 0 Å². The number of amides is 1. The van der Waals surface area contributed by atoms with Gasteiger partial charge < -0.3 is 5.32 Å². The quantitative estimate of drug-likeness (QED) is 0.300. The molecule has 3 aromatic heterocycles. The largest absolute Gasteiger partial charge is 0.316 e. The first-order chi connectivity index (χ1) is 15.3. The number of hydrogen-bond acceptors (Lipinski definition) is 7. The van der Waals surface area contributed by atoms with Gasteiger partial charge in [0.05, 0.1) is 16.7 Å². The summed E-state index contributed by atoms with van der Waals surface area (Å²) < 4.78 is 1.61. The van der Waals surface area contributed by atoms with Crippen molar-refractivity contribution in [3.05, 3.63) is 49.5 Å². The van der Waals surface area contributed by atoms with Gasteiger partial charge in [-0.15, -0.1) is 29.3 Å². The third-order valence-corrected chi connectivity index (χ3v) is 9.02. The highest BCUT2D eigenvalue weighted by Crippen LogP contribution is 2.37. The van der Waals surface area contributed by atoms with E-state index >= 15 is 0 Å². The molecule has 1 aliphatic carbocycles. The van der Waals surface area contributed by atoms with Gasteiger partial charge in [0, 0.05) is 16.3 Å². The predicted molar refractivity (Wildman–Crippen MR) is 133 cm³/mol. The van der Waals surface area contributed by atoms with E-state index in [2.05, 4.69) is 24.9 Å². The molecule has 0 aliphatic heterocycles. The first-order valence-electron chi connectivity index (χ1n) is 10.4. The van der Waals surface area contributed by atoms with Crippen LogP contribution < -0.4 is 10.9 Å². The smallest absolute Gasteiger partial charge is 0.263 e. The number of rotatable bonds is 6. The molecule has 0 saturated carbocycles. The Morgan fingerprint density at radius 2 is 2.22 bits per heavy atom. The van der Waals surface area contributed by atoms with Crippen molar-refractivity contribution in [2.24, 2.45) is 5.92 Å². The lowest BCUT2D eigenvalue weighted by Crippen LogP contribution is -2.24. The second kappa shape index (κ2) is 9.22. The molecule has 0 saturated heterocycles. The van der Waals surface area contributed by atoms with E-state index < -0.39 is 0 Å². The molecule has 3 aromatic rings. The number of allylic oxidation sites excluding steroid dienone is 1. The minimum Gasteiger partial charge on any atom is -0.316 e. The van der Waals surface area contributed by atoms with Gasteiger partial charge in [-0.05, 0) is 50.2 Å². The first-order valence-corrected chi connectivity index (χ1v) is 13.0. The van der Waals surface area contributed by atoms with E-state index in [1.54, 1.807) is 22.0 Å². The SMILES string of the molecule is C=CCn1c(SCC(=O)Nc2sc(C)c(C)c2C#N)nc2sc3c(c2c1=O)CCC(C)C3. The fraction of sp³-hybridized carbons (Fsp3) is 0.391. The van der Waals surface area contributed by atoms with Gasteiger partial charge in [0.25, 0.3) is 5.56 Å². The molecular formula is C23H24N4O2S3. The number of hydrogen-bond donors (Lipinski definition) is 1. The summed E-state index contributed by atoms with van der Waals surface area (Å²) in [6.45, 7) is 10.2. The number of aromatic nitrogens is 2.